The Morgan fingerprint density at radius 2 is 2.20 bits per heavy atom. The minimum absolute atomic E-state index is 0.396. The normalized spacial score (nSPS) is 34.8. The van der Waals surface area contributed by atoms with Gasteiger partial charge in [-0.3, -0.25) is 5.10 Å². The highest BCUT2D eigenvalue weighted by Crippen LogP contribution is 2.59. The van der Waals surface area contributed by atoms with Crippen LogP contribution in [0.2, 0.25) is 0 Å². The van der Waals surface area contributed by atoms with Gasteiger partial charge in [0.05, 0.1) is 12.6 Å². The van der Waals surface area contributed by atoms with Crippen LogP contribution in [0.1, 0.15) is 56.6 Å². The van der Waals surface area contributed by atoms with Gasteiger partial charge in [-0.1, -0.05) is 13.3 Å². The zero-order valence-electron chi connectivity index (χ0n) is 12.4. The van der Waals surface area contributed by atoms with E-state index in [1.54, 1.807) is 0 Å². The lowest BCUT2D eigenvalue weighted by Crippen LogP contribution is -2.71. The first kappa shape index (κ1) is 12.8. The van der Waals surface area contributed by atoms with E-state index in [0.717, 1.165) is 18.2 Å². The highest BCUT2D eigenvalue weighted by Gasteiger charge is 2.62. The van der Waals surface area contributed by atoms with E-state index < -0.39 is 0 Å². The van der Waals surface area contributed by atoms with Gasteiger partial charge >= 0.3 is 0 Å². The SMILES string of the molecule is COC1C(C)C(NCc2nc(C3CC3)n[nH]2)C12CCC2. The summed E-state index contributed by atoms with van der Waals surface area (Å²) in [5.41, 5.74) is 0.396. The number of aromatic nitrogens is 3. The van der Waals surface area contributed by atoms with Gasteiger partial charge in [0.15, 0.2) is 5.82 Å². The zero-order valence-corrected chi connectivity index (χ0v) is 12.4. The van der Waals surface area contributed by atoms with Gasteiger partial charge in [-0.15, -0.1) is 0 Å². The molecule has 3 atom stereocenters. The Morgan fingerprint density at radius 3 is 2.80 bits per heavy atom. The lowest BCUT2D eigenvalue weighted by molar-refractivity contribution is -0.202. The number of hydrogen-bond acceptors (Lipinski definition) is 4. The molecule has 0 bridgehead atoms. The largest absolute Gasteiger partial charge is 0.380 e. The average molecular weight is 276 g/mol. The molecular formula is C15H24N4O. The van der Waals surface area contributed by atoms with E-state index in [1.807, 2.05) is 7.11 Å². The number of aromatic amines is 1. The third-order valence-electron chi connectivity index (χ3n) is 5.71. The number of ether oxygens (including phenoxy) is 1. The molecule has 5 heteroatoms. The van der Waals surface area contributed by atoms with Crippen LogP contribution in [0.4, 0.5) is 0 Å². The fourth-order valence-corrected chi connectivity index (χ4v) is 4.42. The van der Waals surface area contributed by atoms with Gasteiger partial charge in [-0.25, -0.2) is 4.98 Å². The van der Waals surface area contributed by atoms with E-state index in [9.17, 15) is 0 Å². The molecule has 3 unspecified atom stereocenters. The van der Waals surface area contributed by atoms with E-state index in [0.29, 0.717) is 29.4 Å². The Labute approximate surface area is 119 Å². The molecule has 5 nitrogen and oxygen atoms in total. The molecule has 4 rings (SSSR count). The number of H-pyrrole nitrogens is 1. The van der Waals surface area contributed by atoms with Crippen LogP contribution in [0, 0.1) is 11.3 Å². The third-order valence-corrected chi connectivity index (χ3v) is 5.71. The van der Waals surface area contributed by atoms with Crippen molar-refractivity contribution in [1.82, 2.24) is 20.5 Å². The maximum atomic E-state index is 5.71. The molecule has 110 valence electrons. The first-order chi connectivity index (χ1) is 9.74. The average Bonchev–Trinajstić information content (AvgIpc) is 3.14. The molecule has 3 fully saturated rings. The standard InChI is InChI=1S/C15H24N4O/c1-9-12(15(6-3-7-15)13(9)20-2)16-8-11-17-14(19-18-11)10-4-5-10/h9-10,12-13,16H,3-8H2,1-2H3,(H,17,18,19). The fourth-order valence-electron chi connectivity index (χ4n) is 4.42. The Balaban J connectivity index is 1.38. The zero-order chi connectivity index (χ0) is 13.7. The molecule has 0 saturated heterocycles. The summed E-state index contributed by atoms with van der Waals surface area (Å²) < 4.78 is 5.71. The first-order valence-electron chi connectivity index (χ1n) is 7.92. The van der Waals surface area contributed by atoms with Crippen molar-refractivity contribution >= 4 is 0 Å². The van der Waals surface area contributed by atoms with Crippen LogP contribution in [0.5, 0.6) is 0 Å². The summed E-state index contributed by atoms with van der Waals surface area (Å²) >= 11 is 0. The second-order valence-corrected chi connectivity index (χ2v) is 6.88. The first-order valence-corrected chi connectivity index (χ1v) is 7.92. The van der Waals surface area contributed by atoms with Crippen LogP contribution < -0.4 is 5.32 Å². The quantitative estimate of drug-likeness (QED) is 0.863. The number of nitrogens with one attached hydrogen (secondary N) is 2. The molecule has 0 aromatic carbocycles. The number of methoxy groups -OCH3 is 1. The van der Waals surface area contributed by atoms with Crippen molar-refractivity contribution in [3.05, 3.63) is 11.6 Å². The van der Waals surface area contributed by atoms with E-state index in [-0.39, 0.29) is 0 Å². The van der Waals surface area contributed by atoms with Crippen LogP contribution in [-0.2, 0) is 11.3 Å². The molecule has 1 heterocycles. The Morgan fingerprint density at radius 1 is 1.40 bits per heavy atom. The van der Waals surface area contributed by atoms with E-state index in [2.05, 4.69) is 27.4 Å². The van der Waals surface area contributed by atoms with Gasteiger partial charge in [0.1, 0.15) is 5.82 Å². The van der Waals surface area contributed by atoms with Crippen molar-refractivity contribution in [2.45, 2.75) is 63.6 Å². The highest BCUT2D eigenvalue weighted by atomic mass is 16.5. The maximum Gasteiger partial charge on any atom is 0.153 e. The van der Waals surface area contributed by atoms with Crippen LogP contribution in [0.3, 0.4) is 0 Å². The molecule has 0 amide bonds. The van der Waals surface area contributed by atoms with Crippen LogP contribution >= 0.6 is 0 Å². The van der Waals surface area contributed by atoms with Crippen LogP contribution in [-0.4, -0.2) is 34.4 Å². The Hall–Kier alpha value is -0.940. The summed E-state index contributed by atoms with van der Waals surface area (Å²) in [6.07, 6.45) is 6.89. The molecule has 0 radical (unpaired) electrons. The van der Waals surface area contributed by atoms with E-state index in [1.165, 1.54) is 32.1 Å². The van der Waals surface area contributed by atoms with Gasteiger partial charge in [-0.2, -0.15) is 5.10 Å². The molecule has 20 heavy (non-hydrogen) atoms. The van der Waals surface area contributed by atoms with Crippen molar-refractivity contribution in [3.63, 3.8) is 0 Å². The summed E-state index contributed by atoms with van der Waals surface area (Å²) in [5.74, 6) is 3.20. The molecule has 1 spiro atoms. The summed E-state index contributed by atoms with van der Waals surface area (Å²) in [5, 5.41) is 11.1. The van der Waals surface area contributed by atoms with Crippen LogP contribution in [0.25, 0.3) is 0 Å². The van der Waals surface area contributed by atoms with Crippen LogP contribution in [0.15, 0.2) is 0 Å². The number of nitrogens with zero attached hydrogens (tertiary/aromatic N) is 2. The minimum atomic E-state index is 0.396. The highest BCUT2D eigenvalue weighted by molar-refractivity contribution is 5.16. The monoisotopic (exact) mass is 276 g/mol. The lowest BCUT2D eigenvalue weighted by atomic mass is 9.46. The van der Waals surface area contributed by atoms with E-state index >= 15 is 0 Å². The molecule has 0 aliphatic heterocycles. The molecule has 1 aromatic heterocycles. The lowest BCUT2D eigenvalue weighted by Gasteiger charge is -2.64. The van der Waals surface area contributed by atoms with Crippen molar-refractivity contribution in [2.75, 3.05) is 7.11 Å². The summed E-state index contributed by atoms with van der Waals surface area (Å²) in [6, 6.07) is 0.565. The molecule has 3 aliphatic rings. The van der Waals surface area contributed by atoms with Gasteiger partial charge < -0.3 is 10.1 Å². The molecular weight excluding hydrogens is 252 g/mol. The number of hydrogen-bond donors (Lipinski definition) is 2. The summed E-state index contributed by atoms with van der Waals surface area (Å²) in [7, 11) is 1.86. The summed E-state index contributed by atoms with van der Waals surface area (Å²) in [4.78, 5) is 4.60. The van der Waals surface area contributed by atoms with E-state index in [4.69, 9.17) is 4.74 Å². The van der Waals surface area contributed by atoms with Gasteiger partial charge in [-0.05, 0) is 31.6 Å². The van der Waals surface area contributed by atoms with Crippen molar-refractivity contribution in [1.29, 1.82) is 0 Å². The Kier molecular flexibility index (Phi) is 2.89. The van der Waals surface area contributed by atoms with Crippen molar-refractivity contribution < 1.29 is 4.74 Å². The predicted octanol–water partition coefficient (Wildman–Crippen LogP) is 1.98. The molecule has 3 saturated carbocycles. The molecule has 1 aromatic rings. The number of rotatable bonds is 5. The third kappa shape index (κ3) is 1.76. The van der Waals surface area contributed by atoms with Crippen molar-refractivity contribution in [2.24, 2.45) is 11.3 Å². The summed E-state index contributed by atoms with van der Waals surface area (Å²) in [6.45, 7) is 3.10. The topological polar surface area (TPSA) is 62.8 Å². The predicted molar refractivity (Wildman–Crippen MR) is 75.2 cm³/mol. The second kappa shape index (κ2) is 4.53. The Bertz CT molecular complexity index is 492. The van der Waals surface area contributed by atoms with Gasteiger partial charge in [0, 0.05) is 24.5 Å². The molecule has 3 aliphatic carbocycles. The second-order valence-electron chi connectivity index (χ2n) is 6.88. The minimum Gasteiger partial charge on any atom is -0.380 e. The molecule has 2 N–H and O–H groups in total. The van der Waals surface area contributed by atoms with Crippen molar-refractivity contribution in [3.8, 4) is 0 Å². The maximum absolute atomic E-state index is 5.71. The smallest absolute Gasteiger partial charge is 0.153 e. The van der Waals surface area contributed by atoms with Gasteiger partial charge in [0.25, 0.3) is 0 Å². The fraction of sp³-hybridized carbons (Fsp3) is 0.867. The van der Waals surface area contributed by atoms with Gasteiger partial charge in [0.2, 0.25) is 0 Å².